The van der Waals surface area contributed by atoms with E-state index in [1.807, 2.05) is 7.05 Å². The Labute approximate surface area is 117 Å². The maximum Gasteiger partial charge on any atom is 0.222 e. The van der Waals surface area contributed by atoms with E-state index in [1.165, 1.54) is 6.07 Å². The van der Waals surface area contributed by atoms with Crippen LogP contribution in [0.25, 0.3) is 0 Å². The Morgan fingerprint density at radius 2 is 2.15 bits per heavy atom. The molecule has 0 aliphatic heterocycles. The number of carbonyl (C=O) groups excluding carboxylic acids is 1. The lowest BCUT2D eigenvalue weighted by molar-refractivity contribution is -0.130. The maximum absolute atomic E-state index is 13.3. The minimum Gasteiger partial charge on any atom is -0.491 e. The molecule has 1 N–H and O–H groups in total. The van der Waals surface area contributed by atoms with Gasteiger partial charge >= 0.3 is 0 Å². The third kappa shape index (κ3) is 5.52. The lowest BCUT2D eigenvalue weighted by atomic mass is 10.3. The minimum absolute atomic E-state index is 0.00221. The van der Waals surface area contributed by atoms with E-state index >= 15 is 0 Å². The first-order valence-corrected chi connectivity index (χ1v) is 6.51. The van der Waals surface area contributed by atoms with Gasteiger partial charge in [-0.05, 0) is 25.6 Å². The van der Waals surface area contributed by atoms with Crippen molar-refractivity contribution < 1.29 is 18.3 Å². The third-order valence-corrected chi connectivity index (χ3v) is 2.81. The smallest absolute Gasteiger partial charge is 0.222 e. The summed E-state index contributed by atoms with van der Waals surface area (Å²) in [5.74, 6) is -1.36. The van der Waals surface area contributed by atoms with Crippen LogP contribution in [0.5, 0.6) is 5.75 Å². The molecule has 0 aromatic heterocycles. The summed E-state index contributed by atoms with van der Waals surface area (Å²) in [7, 11) is 3.56. The fourth-order valence-electron chi connectivity index (χ4n) is 1.59. The Morgan fingerprint density at radius 1 is 1.40 bits per heavy atom. The van der Waals surface area contributed by atoms with Gasteiger partial charge in [0.15, 0.2) is 11.6 Å². The Kier molecular flexibility index (Phi) is 6.93. The van der Waals surface area contributed by atoms with Gasteiger partial charge in [-0.2, -0.15) is 0 Å². The molecule has 1 amide bonds. The third-order valence-electron chi connectivity index (χ3n) is 2.81. The van der Waals surface area contributed by atoms with Crippen molar-refractivity contribution in [2.45, 2.75) is 12.8 Å². The Morgan fingerprint density at radius 3 is 2.80 bits per heavy atom. The van der Waals surface area contributed by atoms with Crippen LogP contribution in [0.1, 0.15) is 12.8 Å². The van der Waals surface area contributed by atoms with Crippen molar-refractivity contribution >= 4 is 5.91 Å². The number of hydrogen-bond acceptors (Lipinski definition) is 3. The summed E-state index contributed by atoms with van der Waals surface area (Å²) in [4.78, 5) is 13.3. The summed E-state index contributed by atoms with van der Waals surface area (Å²) in [6, 6.07) is 3.15. The number of halogens is 2. The van der Waals surface area contributed by atoms with Crippen molar-refractivity contribution in [2.24, 2.45) is 0 Å². The summed E-state index contributed by atoms with van der Waals surface area (Å²) in [6.07, 6.45) is 0.822. The number of carbonyl (C=O) groups is 1. The molecule has 0 bridgehead atoms. The van der Waals surface area contributed by atoms with Gasteiger partial charge in [-0.25, -0.2) is 8.78 Å². The number of nitrogens with one attached hydrogen (secondary N) is 1. The molecule has 6 heteroatoms. The molecule has 20 heavy (non-hydrogen) atoms. The molecule has 112 valence electrons. The number of amides is 1. The largest absolute Gasteiger partial charge is 0.491 e. The summed E-state index contributed by atoms with van der Waals surface area (Å²) < 4.78 is 31.1. The zero-order chi connectivity index (χ0) is 15.0. The SMILES string of the molecule is CNCCN(C)C(=O)CCCOc1ccc(F)cc1F. The topological polar surface area (TPSA) is 41.6 Å². The lowest BCUT2D eigenvalue weighted by Crippen LogP contribution is -2.32. The van der Waals surface area contributed by atoms with Crippen molar-refractivity contribution in [3.05, 3.63) is 29.8 Å². The standard InChI is InChI=1S/C14H20F2N2O2/c1-17-7-8-18(2)14(19)4-3-9-20-13-6-5-11(15)10-12(13)16/h5-6,10,17H,3-4,7-9H2,1-2H3. The van der Waals surface area contributed by atoms with Crippen LogP contribution in [-0.2, 0) is 4.79 Å². The molecule has 0 heterocycles. The van der Waals surface area contributed by atoms with Gasteiger partial charge in [-0.15, -0.1) is 0 Å². The van der Waals surface area contributed by atoms with Crippen molar-refractivity contribution in [2.75, 3.05) is 33.8 Å². The molecule has 0 radical (unpaired) electrons. The highest BCUT2D eigenvalue weighted by atomic mass is 19.1. The summed E-state index contributed by atoms with van der Waals surface area (Å²) >= 11 is 0. The average Bonchev–Trinajstić information content (AvgIpc) is 2.42. The molecule has 0 fully saturated rings. The van der Waals surface area contributed by atoms with Crippen LogP contribution in [0.3, 0.4) is 0 Å². The number of benzene rings is 1. The van der Waals surface area contributed by atoms with E-state index in [0.29, 0.717) is 19.4 Å². The molecule has 0 saturated carbocycles. The van der Waals surface area contributed by atoms with Gasteiger partial charge in [0.25, 0.3) is 0 Å². The average molecular weight is 286 g/mol. The molecule has 0 spiro atoms. The van der Waals surface area contributed by atoms with E-state index in [9.17, 15) is 13.6 Å². The van der Waals surface area contributed by atoms with Crippen molar-refractivity contribution in [1.29, 1.82) is 0 Å². The van der Waals surface area contributed by atoms with Crippen LogP contribution in [0.4, 0.5) is 8.78 Å². The monoisotopic (exact) mass is 286 g/mol. The van der Waals surface area contributed by atoms with E-state index in [4.69, 9.17) is 4.74 Å². The second-order valence-electron chi connectivity index (χ2n) is 4.45. The summed E-state index contributed by atoms with van der Waals surface area (Å²) in [6.45, 7) is 1.59. The number of ether oxygens (including phenoxy) is 1. The minimum atomic E-state index is -0.734. The van der Waals surface area contributed by atoms with Gasteiger partial charge < -0.3 is 15.0 Å². The highest BCUT2D eigenvalue weighted by Gasteiger charge is 2.08. The highest BCUT2D eigenvalue weighted by Crippen LogP contribution is 2.17. The predicted octanol–water partition coefficient (Wildman–Crippen LogP) is 1.80. The van der Waals surface area contributed by atoms with Gasteiger partial charge in [0.2, 0.25) is 5.91 Å². The molecular formula is C14H20F2N2O2. The molecule has 0 aliphatic rings. The molecular weight excluding hydrogens is 266 g/mol. The number of hydrogen-bond donors (Lipinski definition) is 1. The normalized spacial score (nSPS) is 10.4. The van der Waals surface area contributed by atoms with E-state index in [1.54, 1.807) is 11.9 Å². The molecule has 1 aromatic rings. The van der Waals surface area contributed by atoms with Crippen molar-refractivity contribution in [3.63, 3.8) is 0 Å². The fraction of sp³-hybridized carbons (Fsp3) is 0.500. The Bertz CT molecular complexity index is 441. The second kappa shape index (κ2) is 8.47. The van der Waals surface area contributed by atoms with Crippen LogP contribution >= 0.6 is 0 Å². The number of rotatable bonds is 8. The van der Waals surface area contributed by atoms with Gasteiger partial charge in [0.05, 0.1) is 6.61 Å². The van der Waals surface area contributed by atoms with E-state index in [-0.39, 0.29) is 18.3 Å². The molecule has 1 rings (SSSR count). The quantitative estimate of drug-likeness (QED) is 0.741. The van der Waals surface area contributed by atoms with Crippen LogP contribution in [0, 0.1) is 11.6 Å². The van der Waals surface area contributed by atoms with Crippen molar-refractivity contribution in [3.8, 4) is 5.75 Å². The van der Waals surface area contributed by atoms with Gasteiger partial charge in [-0.3, -0.25) is 4.79 Å². The predicted molar refractivity (Wildman–Crippen MR) is 72.7 cm³/mol. The van der Waals surface area contributed by atoms with Gasteiger partial charge in [-0.1, -0.05) is 0 Å². The second-order valence-corrected chi connectivity index (χ2v) is 4.45. The zero-order valence-electron chi connectivity index (χ0n) is 11.8. The van der Waals surface area contributed by atoms with E-state index in [2.05, 4.69) is 5.32 Å². The van der Waals surface area contributed by atoms with Crippen LogP contribution in [0.15, 0.2) is 18.2 Å². The van der Waals surface area contributed by atoms with E-state index < -0.39 is 11.6 Å². The first-order valence-electron chi connectivity index (χ1n) is 6.51. The molecule has 0 saturated heterocycles. The molecule has 0 atom stereocenters. The van der Waals surface area contributed by atoms with Gasteiger partial charge in [0, 0.05) is 32.6 Å². The van der Waals surface area contributed by atoms with Crippen molar-refractivity contribution in [1.82, 2.24) is 10.2 Å². The van der Waals surface area contributed by atoms with Crippen LogP contribution in [-0.4, -0.2) is 44.6 Å². The molecule has 1 aromatic carbocycles. The Hall–Kier alpha value is -1.69. The zero-order valence-corrected chi connectivity index (χ0v) is 11.8. The van der Waals surface area contributed by atoms with Crippen LogP contribution in [0.2, 0.25) is 0 Å². The molecule has 4 nitrogen and oxygen atoms in total. The number of nitrogens with zero attached hydrogens (tertiary/aromatic N) is 1. The number of likely N-dealkylation sites (N-methyl/N-ethyl adjacent to an activating group) is 2. The fourth-order valence-corrected chi connectivity index (χ4v) is 1.59. The molecule has 0 unspecified atom stereocenters. The highest BCUT2D eigenvalue weighted by molar-refractivity contribution is 5.75. The summed E-state index contributed by atoms with van der Waals surface area (Å²) in [5.41, 5.74) is 0. The summed E-state index contributed by atoms with van der Waals surface area (Å²) in [5, 5.41) is 2.96. The Balaban J connectivity index is 2.26. The first-order chi connectivity index (χ1) is 9.54. The maximum atomic E-state index is 13.3. The van der Waals surface area contributed by atoms with Crippen LogP contribution < -0.4 is 10.1 Å². The lowest BCUT2D eigenvalue weighted by Gasteiger charge is -2.16. The first kappa shape index (κ1) is 16.4. The molecule has 0 aliphatic carbocycles. The van der Waals surface area contributed by atoms with Gasteiger partial charge in [0.1, 0.15) is 5.82 Å². The van der Waals surface area contributed by atoms with E-state index in [0.717, 1.165) is 18.7 Å².